The Labute approximate surface area is 153 Å². The summed E-state index contributed by atoms with van der Waals surface area (Å²) in [6, 6.07) is 16.1. The van der Waals surface area contributed by atoms with Crippen molar-refractivity contribution in [2.45, 2.75) is 12.3 Å². The summed E-state index contributed by atoms with van der Waals surface area (Å²) >= 11 is 0. The van der Waals surface area contributed by atoms with E-state index in [1.54, 1.807) is 7.11 Å². The summed E-state index contributed by atoms with van der Waals surface area (Å²) in [6.45, 7) is 3.37. The van der Waals surface area contributed by atoms with Gasteiger partial charge in [0.2, 0.25) is 5.91 Å². The molecule has 1 heterocycles. The standard InChI is InChI=1S/C21H24N2O3/c1-25-18-8-2-15(3-9-18)19-14-20(19)21(24)22-16-4-6-17(7-5-16)23-10-12-26-13-11-23/h2-9,19-20H,10-14H2,1H3,(H,22,24). The van der Waals surface area contributed by atoms with E-state index in [1.165, 1.54) is 11.3 Å². The molecule has 4 rings (SSSR count). The molecule has 2 fully saturated rings. The molecule has 1 N–H and O–H groups in total. The van der Waals surface area contributed by atoms with Crippen molar-refractivity contribution in [2.24, 2.45) is 5.92 Å². The zero-order valence-corrected chi connectivity index (χ0v) is 15.0. The van der Waals surface area contributed by atoms with Crippen molar-refractivity contribution in [3.8, 4) is 5.75 Å². The normalized spacial score (nSPS) is 22.0. The lowest BCUT2D eigenvalue weighted by Crippen LogP contribution is -2.36. The highest BCUT2D eigenvalue weighted by molar-refractivity contribution is 5.95. The molecule has 1 aliphatic heterocycles. The van der Waals surface area contributed by atoms with Crippen LogP contribution in [0, 0.1) is 5.92 Å². The molecule has 2 unspecified atom stereocenters. The van der Waals surface area contributed by atoms with Gasteiger partial charge in [-0.3, -0.25) is 4.79 Å². The van der Waals surface area contributed by atoms with Crippen LogP contribution in [0.25, 0.3) is 0 Å². The first kappa shape index (κ1) is 16.9. The van der Waals surface area contributed by atoms with E-state index in [0.717, 1.165) is 44.2 Å². The number of morpholine rings is 1. The number of carbonyl (C=O) groups is 1. The number of hydrogen-bond donors (Lipinski definition) is 1. The van der Waals surface area contributed by atoms with Crippen molar-refractivity contribution in [1.29, 1.82) is 0 Å². The van der Waals surface area contributed by atoms with Gasteiger partial charge in [0.25, 0.3) is 0 Å². The topological polar surface area (TPSA) is 50.8 Å². The van der Waals surface area contributed by atoms with Crippen LogP contribution in [0.3, 0.4) is 0 Å². The fourth-order valence-electron chi connectivity index (χ4n) is 3.52. The van der Waals surface area contributed by atoms with Gasteiger partial charge in [-0.05, 0) is 54.3 Å². The largest absolute Gasteiger partial charge is 0.497 e. The number of anilines is 2. The van der Waals surface area contributed by atoms with Crippen molar-refractivity contribution >= 4 is 17.3 Å². The van der Waals surface area contributed by atoms with Crippen molar-refractivity contribution < 1.29 is 14.3 Å². The van der Waals surface area contributed by atoms with E-state index >= 15 is 0 Å². The maximum absolute atomic E-state index is 12.5. The SMILES string of the molecule is COc1ccc(C2CC2C(=O)Nc2ccc(N3CCOCC3)cc2)cc1. The lowest BCUT2D eigenvalue weighted by molar-refractivity contribution is -0.117. The van der Waals surface area contributed by atoms with Crippen LogP contribution < -0.4 is 15.0 Å². The van der Waals surface area contributed by atoms with Gasteiger partial charge in [-0.1, -0.05) is 12.1 Å². The molecule has 136 valence electrons. The van der Waals surface area contributed by atoms with Gasteiger partial charge in [0.15, 0.2) is 0 Å². The van der Waals surface area contributed by atoms with Gasteiger partial charge in [0.1, 0.15) is 5.75 Å². The maximum Gasteiger partial charge on any atom is 0.228 e. The minimum atomic E-state index is 0.0577. The molecule has 0 bridgehead atoms. The molecular formula is C21H24N2O3. The molecule has 2 aromatic rings. The molecule has 2 aliphatic rings. The van der Waals surface area contributed by atoms with E-state index in [-0.39, 0.29) is 11.8 Å². The first-order valence-electron chi connectivity index (χ1n) is 9.12. The molecule has 2 aromatic carbocycles. The first-order chi connectivity index (χ1) is 12.7. The molecule has 0 spiro atoms. The Morgan fingerprint density at radius 3 is 2.42 bits per heavy atom. The van der Waals surface area contributed by atoms with Gasteiger partial charge < -0.3 is 19.7 Å². The molecule has 1 aliphatic carbocycles. The summed E-state index contributed by atoms with van der Waals surface area (Å²) in [5, 5.41) is 3.05. The van der Waals surface area contributed by atoms with E-state index in [9.17, 15) is 4.79 Å². The third-order valence-electron chi connectivity index (χ3n) is 5.18. The number of rotatable bonds is 5. The molecule has 1 amide bonds. The lowest BCUT2D eigenvalue weighted by atomic mass is 10.1. The van der Waals surface area contributed by atoms with Gasteiger partial charge in [-0.2, -0.15) is 0 Å². The quantitative estimate of drug-likeness (QED) is 0.897. The summed E-state index contributed by atoms with van der Waals surface area (Å²) < 4.78 is 10.6. The zero-order valence-electron chi connectivity index (χ0n) is 15.0. The highest BCUT2D eigenvalue weighted by Crippen LogP contribution is 2.48. The van der Waals surface area contributed by atoms with Crippen LogP contribution in [0.4, 0.5) is 11.4 Å². The van der Waals surface area contributed by atoms with Crippen LogP contribution >= 0.6 is 0 Å². The summed E-state index contributed by atoms with van der Waals surface area (Å²) in [6.07, 6.45) is 0.907. The Morgan fingerprint density at radius 1 is 1.08 bits per heavy atom. The number of carbonyl (C=O) groups excluding carboxylic acids is 1. The van der Waals surface area contributed by atoms with Gasteiger partial charge >= 0.3 is 0 Å². The van der Waals surface area contributed by atoms with E-state index in [4.69, 9.17) is 9.47 Å². The summed E-state index contributed by atoms with van der Waals surface area (Å²) in [5.74, 6) is 1.32. The van der Waals surface area contributed by atoms with Crippen LogP contribution in [0.1, 0.15) is 17.9 Å². The third-order valence-corrected chi connectivity index (χ3v) is 5.18. The fraction of sp³-hybridized carbons (Fsp3) is 0.381. The molecular weight excluding hydrogens is 328 g/mol. The number of amides is 1. The average molecular weight is 352 g/mol. The highest BCUT2D eigenvalue weighted by Gasteiger charge is 2.43. The average Bonchev–Trinajstić information content (AvgIpc) is 3.50. The van der Waals surface area contributed by atoms with Crippen LogP contribution in [-0.2, 0) is 9.53 Å². The van der Waals surface area contributed by atoms with Crippen LogP contribution in [0.2, 0.25) is 0 Å². The van der Waals surface area contributed by atoms with E-state index in [2.05, 4.69) is 22.3 Å². The van der Waals surface area contributed by atoms with E-state index in [1.807, 2.05) is 36.4 Å². The van der Waals surface area contributed by atoms with Crippen LogP contribution in [0.15, 0.2) is 48.5 Å². The van der Waals surface area contributed by atoms with Crippen molar-refractivity contribution in [3.05, 3.63) is 54.1 Å². The molecule has 5 nitrogen and oxygen atoms in total. The Morgan fingerprint density at radius 2 is 1.77 bits per heavy atom. The summed E-state index contributed by atoms with van der Waals surface area (Å²) in [4.78, 5) is 14.8. The predicted octanol–water partition coefficient (Wildman–Crippen LogP) is 3.27. The van der Waals surface area contributed by atoms with Crippen molar-refractivity contribution in [2.75, 3.05) is 43.6 Å². The number of nitrogens with one attached hydrogen (secondary N) is 1. The monoisotopic (exact) mass is 352 g/mol. The Balaban J connectivity index is 1.33. The van der Waals surface area contributed by atoms with Gasteiger partial charge in [-0.25, -0.2) is 0 Å². The van der Waals surface area contributed by atoms with Crippen molar-refractivity contribution in [1.82, 2.24) is 0 Å². The number of ether oxygens (including phenoxy) is 2. The molecule has 1 saturated heterocycles. The van der Waals surface area contributed by atoms with Gasteiger partial charge in [0, 0.05) is 30.4 Å². The van der Waals surface area contributed by atoms with Crippen LogP contribution in [0.5, 0.6) is 5.75 Å². The highest BCUT2D eigenvalue weighted by atomic mass is 16.5. The second-order valence-corrected chi connectivity index (χ2v) is 6.86. The summed E-state index contributed by atoms with van der Waals surface area (Å²) in [5.41, 5.74) is 3.23. The molecule has 0 radical (unpaired) electrons. The third kappa shape index (κ3) is 3.68. The molecule has 0 aromatic heterocycles. The van der Waals surface area contributed by atoms with E-state index < -0.39 is 0 Å². The number of methoxy groups -OCH3 is 1. The fourth-order valence-corrected chi connectivity index (χ4v) is 3.52. The predicted molar refractivity (Wildman–Crippen MR) is 102 cm³/mol. The smallest absolute Gasteiger partial charge is 0.228 e. The molecule has 5 heteroatoms. The molecule has 2 atom stereocenters. The Hall–Kier alpha value is -2.53. The Bertz CT molecular complexity index is 752. The maximum atomic E-state index is 12.5. The van der Waals surface area contributed by atoms with Crippen LogP contribution in [-0.4, -0.2) is 39.3 Å². The van der Waals surface area contributed by atoms with Crippen molar-refractivity contribution in [3.63, 3.8) is 0 Å². The van der Waals surface area contributed by atoms with Gasteiger partial charge in [-0.15, -0.1) is 0 Å². The van der Waals surface area contributed by atoms with E-state index in [0.29, 0.717) is 5.92 Å². The number of nitrogens with zero attached hydrogens (tertiary/aromatic N) is 1. The first-order valence-corrected chi connectivity index (χ1v) is 9.12. The minimum Gasteiger partial charge on any atom is -0.497 e. The Kier molecular flexibility index (Phi) is 4.80. The van der Waals surface area contributed by atoms with Gasteiger partial charge in [0.05, 0.1) is 20.3 Å². The summed E-state index contributed by atoms with van der Waals surface area (Å²) in [7, 11) is 1.66. The number of benzene rings is 2. The second-order valence-electron chi connectivity index (χ2n) is 6.86. The second kappa shape index (κ2) is 7.38. The molecule has 26 heavy (non-hydrogen) atoms. The lowest BCUT2D eigenvalue weighted by Gasteiger charge is -2.28. The zero-order chi connectivity index (χ0) is 17.9. The minimum absolute atomic E-state index is 0.0577. The number of hydrogen-bond acceptors (Lipinski definition) is 4. The molecule has 1 saturated carbocycles.